The maximum absolute atomic E-state index is 14.1. The fourth-order valence-corrected chi connectivity index (χ4v) is 6.69. The van der Waals surface area contributed by atoms with Crippen molar-refractivity contribution in [2.24, 2.45) is 0 Å². The Morgan fingerprint density at radius 3 is 1.77 bits per heavy atom. The molecule has 0 unspecified atom stereocenters. The average Bonchev–Trinajstić information content (AvgIpc) is 3.55. The van der Waals surface area contributed by atoms with Crippen LogP contribution in [0.15, 0.2) is 152 Å². The molecule has 0 aliphatic rings. The number of imidazole rings is 1. The van der Waals surface area contributed by atoms with Crippen molar-refractivity contribution in [3.05, 3.63) is 169 Å². The number of fused-ring (bicyclic) bond motifs is 1. The SMILES string of the molecule is CC(C)(C)c1cc(-c2ccccn2)cc(-c2cccc3c2nc(-c2ccccc2O)n3-c2cc(-c3ccc(F)cc3)cc(-c3ccc(F)cc3)c2)c1. The van der Waals surface area contributed by atoms with Gasteiger partial charge in [-0.2, -0.15) is 0 Å². The number of rotatable bonds is 6. The van der Waals surface area contributed by atoms with Gasteiger partial charge in [0.15, 0.2) is 0 Å². The van der Waals surface area contributed by atoms with Gasteiger partial charge in [-0.1, -0.05) is 81.4 Å². The van der Waals surface area contributed by atoms with Crippen LogP contribution in [0.3, 0.4) is 0 Å². The van der Waals surface area contributed by atoms with Gasteiger partial charge in [0.2, 0.25) is 0 Å². The number of para-hydroxylation sites is 2. The first-order valence-electron chi connectivity index (χ1n) is 17.2. The first-order chi connectivity index (χ1) is 25.1. The number of nitrogens with zero attached hydrogens (tertiary/aromatic N) is 3. The van der Waals surface area contributed by atoms with Crippen molar-refractivity contribution < 1.29 is 13.9 Å². The third-order valence-electron chi connectivity index (χ3n) is 9.43. The Morgan fingerprint density at radius 1 is 0.558 bits per heavy atom. The number of aromatic hydroxyl groups is 1. The van der Waals surface area contributed by atoms with Crippen LogP contribution >= 0.6 is 0 Å². The smallest absolute Gasteiger partial charge is 0.149 e. The van der Waals surface area contributed by atoms with Gasteiger partial charge in [-0.3, -0.25) is 9.55 Å². The van der Waals surface area contributed by atoms with Crippen molar-refractivity contribution in [2.45, 2.75) is 26.2 Å². The lowest BCUT2D eigenvalue weighted by Crippen LogP contribution is -2.11. The molecule has 8 aromatic rings. The second-order valence-corrected chi connectivity index (χ2v) is 14.0. The van der Waals surface area contributed by atoms with Gasteiger partial charge in [-0.15, -0.1) is 0 Å². The molecule has 0 saturated heterocycles. The van der Waals surface area contributed by atoms with Crippen LogP contribution in [0.5, 0.6) is 5.75 Å². The van der Waals surface area contributed by atoms with Crippen LogP contribution in [0, 0.1) is 11.6 Å². The minimum absolute atomic E-state index is 0.0984. The minimum atomic E-state index is -0.324. The molecule has 6 aromatic carbocycles. The standard InChI is InChI=1S/C46H35F2N3O/c1-46(2,3)35-25-33(24-34(26-35)41-11-6-7-22-49-41)39-10-8-12-42-44(39)50-45(40-9-4-5-13-43(40)52)51(42)38-27-31(29-14-18-36(47)19-15-29)23-32(28-38)30-16-20-37(48)21-17-30/h4-28,52H,1-3H3. The van der Waals surface area contributed by atoms with E-state index in [1.807, 2.05) is 60.7 Å². The van der Waals surface area contributed by atoms with Crippen LogP contribution in [-0.4, -0.2) is 19.6 Å². The molecule has 4 nitrogen and oxygen atoms in total. The zero-order chi connectivity index (χ0) is 36.0. The van der Waals surface area contributed by atoms with E-state index in [0.29, 0.717) is 11.4 Å². The second-order valence-electron chi connectivity index (χ2n) is 14.0. The molecule has 254 valence electrons. The molecule has 2 heterocycles. The second kappa shape index (κ2) is 13.1. The van der Waals surface area contributed by atoms with E-state index in [1.165, 1.54) is 29.8 Å². The summed E-state index contributed by atoms with van der Waals surface area (Å²) < 4.78 is 30.2. The third kappa shape index (κ3) is 6.24. The Bertz CT molecular complexity index is 2500. The number of pyridine rings is 1. The molecule has 8 rings (SSSR count). The van der Waals surface area contributed by atoms with Crippen LogP contribution in [0.4, 0.5) is 8.78 Å². The molecular formula is C46H35F2N3O. The summed E-state index contributed by atoms with van der Waals surface area (Å²) in [7, 11) is 0. The molecule has 6 heteroatoms. The Hall–Kier alpha value is -6.40. The molecule has 2 aromatic heterocycles. The van der Waals surface area contributed by atoms with Crippen molar-refractivity contribution >= 4 is 11.0 Å². The number of phenolic OH excluding ortho intramolecular Hbond substituents is 1. The highest BCUT2D eigenvalue weighted by molar-refractivity contribution is 5.97. The van der Waals surface area contributed by atoms with E-state index in [9.17, 15) is 13.9 Å². The molecule has 0 amide bonds. The fraction of sp³-hybridized carbons (Fsp3) is 0.0870. The normalized spacial score (nSPS) is 11.6. The van der Waals surface area contributed by atoms with E-state index in [1.54, 1.807) is 42.6 Å². The molecular weight excluding hydrogens is 649 g/mol. The van der Waals surface area contributed by atoms with Crippen molar-refractivity contribution in [3.63, 3.8) is 0 Å². The van der Waals surface area contributed by atoms with Crippen LogP contribution < -0.4 is 0 Å². The summed E-state index contributed by atoms with van der Waals surface area (Å²) in [6.45, 7) is 6.60. The van der Waals surface area contributed by atoms with E-state index < -0.39 is 0 Å². The van der Waals surface area contributed by atoms with Crippen molar-refractivity contribution in [2.75, 3.05) is 0 Å². The van der Waals surface area contributed by atoms with Gasteiger partial charge in [-0.25, -0.2) is 13.8 Å². The number of phenols is 1. The largest absolute Gasteiger partial charge is 0.507 e. The third-order valence-corrected chi connectivity index (χ3v) is 9.43. The van der Waals surface area contributed by atoms with Crippen molar-refractivity contribution in [1.29, 1.82) is 0 Å². The van der Waals surface area contributed by atoms with Gasteiger partial charge in [0.05, 0.1) is 22.3 Å². The van der Waals surface area contributed by atoms with E-state index in [2.05, 4.69) is 54.6 Å². The van der Waals surface area contributed by atoms with Crippen LogP contribution in [0.1, 0.15) is 26.3 Å². The highest BCUT2D eigenvalue weighted by Gasteiger charge is 2.23. The molecule has 0 bridgehead atoms. The quantitative estimate of drug-likeness (QED) is 0.190. The molecule has 0 radical (unpaired) electrons. The van der Waals surface area contributed by atoms with Gasteiger partial charge < -0.3 is 5.11 Å². The predicted octanol–water partition coefficient (Wildman–Crippen LogP) is 12.0. The number of aromatic nitrogens is 3. The lowest BCUT2D eigenvalue weighted by molar-refractivity contribution is 0.477. The summed E-state index contributed by atoms with van der Waals surface area (Å²) in [4.78, 5) is 9.97. The highest BCUT2D eigenvalue weighted by atomic mass is 19.1. The summed E-state index contributed by atoms with van der Waals surface area (Å²) >= 11 is 0. The number of hydrogen-bond donors (Lipinski definition) is 1. The zero-order valence-corrected chi connectivity index (χ0v) is 29.0. The Morgan fingerprint density at radius 2 is 1.15 bits per heavy atom. The first kappa shape index (κ1) is 32.8. The minimum Gasteiger partial charge on any atom is -0.507 e. The van der Waals surface area contributed by atoms with E-state index in [4.69, 9.17) is 4.98 Å². The first-order valence-corrected chi connectivity index (χ1v) is 17.2. The number of benzene rings is 6. The molecule has 0 fully saturated rings. The summed E-state index contributed by atoms with van der Waals surface area (Å²) in [5.74, 6) is 0.00532. The Balaban J connectivity index is 1.42. The molecule has 0 spiro atoms. The lowest BCUT2D eigenvalue weighted by Gasteiger charge is -2.21. The van der Waals surface area contributed by atoms with E-state index in [0.717, 1.165) is 61.4 Å². The summed E-state index contributed by atoms with van der Waals surface area (Å²) in [6, 6.07) is 44.7. The molecule has 0 saturated carbocycles. The number of hydrogen-bond acceptors (Lipinski definition) is 3. The fourth-order valence-electron chi connectivity index (χ4n) is 6.69. The van der Waals surface area contributed by atoms with Gasteiger partial charge in [0.25, 0.3) is 0 Å². The molecule has 0 atom stereocenters. The van der Waals surface area contributed by atoms with Crippen molar-refractivity contribution in [1.82, 2.24) is 14.5 Å². The van der Waals surface area contributed by atoms with E-state index in [-0.39, 0.29) is 22.8 Å². The van der Waals surface area contributed by atoms with Gasteiger partial charge >= 0.3 is 0 Å². The predicted molar refractivity (Wildman–Crippen MR) is 206 cm³/mol. The highest BCUT2D eigenvalue weighted by Crippen LogP contribution is 2.41. The van der Waals surface area contributed by atoms with Gasteiger partial charge in [0, 0.05) is 23.0 Å². The van der Waals surface area contributed by atoms with Crippen molar-refractivity contribution in [3.8, 4) is 67.5 Å². The summed E-state index contributed by atoms with van der Waals surface area (Å²) in [5, 5.41) is 11.2. The van der Waals surface area contributed by atoms with E-state index >= 15 is 0 Å². The summed E-state index contributed by atoms with van der Waals surface area (Å²) in [5.41, 5.74) is 11.1. The Kier molecular flexibility index (Phi) is 8.23. The topological polar surface area (TPSA) is 50.9 Å². The van der Waals surface area contributed by atoms with Gasteiger partial charge in [0.1, 0.15) is 23.2 Å². The van der Waals surface area contributed by atoms with Crippen LogP contribution in [-0.2, 0) is 5.41 Å². The molecule has 1 N–H and O–H groups in total. The lowest BCUT2D eigenvalue weighted by atomic mass is 9.83. The van der Waals surface area contributed by atoms with Crippen LogP contribution in [0.2, 0.25) is 0 Å². The zero-order valence-electron chi connectivity index (χ0n) is 29.0. The Labute approximate surface area is 301 Å². The average molecular weight is 684 g/mol. The number of halogens is 2. The molecule has 0 aliphatic carbocycles. The van der Waals surface area contributed by atoms with Crippen LogP contribution in [0.25, 0.3) is 72.7 Å². The monoisotopic (exact) mass is 683 g/mol. The summed E-state index contributed by atoms with van der Waals surface area (Å²) in [6.07, 6.45) is 1.81. The maximum Gasteiger partial charge on any atom is 0.149 e. The molecule has 0 aliphatic heterocycles. The van der Waals surface area contributed by atoms with Gasteiger partial charge in [-0.05, 0) is 124 Å². The maximum atomic E-state index is 14.1. The molecule has 52 heavy (non-hydrogen) atoms.